The lowest BCUT2D eigenvalue weighted by molar-refractivity contribution is -0.0431. The summed E-state index contributed by atoms with van der Waals surface area (Å²) in [6.07, 6.45) is 16.9. The van der Waals surface area contributed by atoms with Gasteiger partial charge in [-0.15, -0.1) is 0 Å². The predicted molar refractivity (Wildman–Crippen MR) is 308 cm³/mol. The first-order chi connectivity index (χ1) is 36.2. The van der Waals surface area contributed by atoms with E-state index in [9.17, 15) is 10.2 Å². The van der Waals surface area contributed by atoms with Crippen molar-refractivity contribution < 1.29 is 19.7 Å². The summed E-state index contributed by atoms with van der Waals surface area (Å²) in [4.78, 5) is 4.83. The van der Waals surface area contributed by atoms with E-state index in [2.05, 4.69) is 175 Å². The molecule has 2 N–H and O–H groups in total. The lowest BCUT2D eigenvalue weighted by Crippen LogP contribution is -2.29. The van der Waals surface area contributed by atoms with Crippen LogP contribution >= 0.6 is 0 Å². The molecular formula is C68H72N2O4. The second kappa shape index (κ2) is 22.4. The summed E-state index contributed by atoms with van der Waals surface area (Å²) in [6, 6.07) is 64.6. The third-order valence-corrected chi connectivity index (χ3v) is 15.3. The largest absolute Gasteiger partial charge is 0.504 e. The molecule has 378 valence electrons. The molecule has 8 aromatic rings. The van der Waals surface area contributed by atoms with Crippen LogP contribution in [0.2, 0.25) is 0 Å². The van der Waals surface area contributed by atoms with Crippen molar-refractivity contribution in [3.63, 3.8) is 0 Å². The molecule has 1 aliphatic carbocycles. The molecule has 74 heavy (non-hydrogen) atoms. The molecule has 0 spiro atoms. The van der Waals surface area contributed by atoms with E-state index in [4.69, 9.17) is 9.47 Å². The highest BCUT2D eigenvalue weighted by atomic mass is 16.7. The van der Waals surface area contributed by atoms with Gasteiger partial charge in [-0.3, -0.25) is 0 Å². The zero-order valence-corrected chi connectivity index (χ0v) is 43.8. The fraction of sp³-hybridized carbons (Fsp3) is 0.294. The Bertz CT molecular complexity index is 3170. The standard InChI is InChI=1S/C68H72N2O4/c1-5-7-9-11-13-25-43-68(44-26-14-12-10-8-6-2)59-47-53(69(51-27-17-15-18-28-51)61-33-23-21-31-55(61)49-35-41-63(71)64(72)45-49)37-39-57(59)58-40-38-54(48-60(58)68)70(52-29-19-16-20-30-52)62-34-24-22-32-56(62)50-36-42-65-66(46-50)74-67(3,4)73-65/h15-24,27-42,45-48,71-72H,5-14,25-26,43-44H2,1-4H3. The number of unbranched alkanes of at least 4 members (excludes halogenated alkanes) is 10. The Morgan fingerprint density at radius 1 is 0.378 bits per heavy atom. The molecule has 1 heterocycles. The van der Waals surface area contributed by atoms with Gasteiger partial charge in [0.15, 0.2) is 23.0 Å². The van der Waals surface area contributed by atoms with Gasteiger partial charge in [-0.05, 0) is 131 Å². The van der Waals surface area contributed by atoms with Crippen LogP contribution in [0.1, 0.15) is 129 Å². The second-order valence-corrected chi connectivity index (χ2v) is 20.9. The van der Waals surface area contributed by atoms with Crippen molar-refractivity contribution in [1.29, 1.82) is 0 Å². The third kappa shape index (κ3) is 10.4. The Morgan fingerprint density at radius 3 is 1.34 bits per heavy atom. The fourth-order valence-corrected chi connectivity index (χ4v) is 11.7. The number of para-hydroxylation sites is 4. The van der Waals surface area contributed by atoms with Crippen molar-refractivity contribution in [2.45, 2.75) is 129 Å². The quantitative estimate of drug-likeness (QED) is 0.0521. The number of nitrogens with zero attached hydrogens (tertiary/aromatic N) is 2. The number of phenolic OH excluding ortho intramolecular Hbond substituents is 2. The van der Waals surface area contributed by atoms with Gasteiger partial charge < -0.3 is 29.5 Å². The van der Waals surface area contributed by atoms with Crippen LogP contribution in [-0.2, 0) is 5.41 Å². The van der Waals surface area contributed by atoms with Crippen LogP contribution < -0.4 is 19.3 Å². The van der Waals surface area contributed by atoms with Crippen molar-refractivity contribution in [2.24, 2.45) is 0 Å². The normalized spacial score (nSPS) is 13.6. The lowest BCUT2D eigenvalue weighted by atomic mass is 9.70. The van der Waals surface area contributed by atoms with Gasteiger partial charge in [0, 0.05) is 53.1 Å². The van der Waals surface area contributed by atoms with Crippen LogP contribution in [0.5, 0.6) is 23.0 Å². The highest BCUT2D eigenvalue weighted by Gasteiger charge is 2.43. The van der Waals surface area contributed by atoms with Gasteiger partial charge in [-0.25, -0.2) is 0 Å². The predicted octanol–water partition coefficient (Wildman–Crippen LogP) is 19.6. The van der Waals surface area contributed by atoms with Crippen molar-refractivity contribution >= 4 is 34.1 Å². The van der Waals surface area contributed by atoms with E-state index in [0.717, 1.165) is 93.6 Å². The van der Waals surface area contributed by atoms with Crippen molar-refractivity contribution in [2.75, 3.05) is 9.80 Å². The average molecular weight is 981 g/mol. The molecule has 10 rings (SSSR count). The molecule has 0 radical (unpaired) electrons. The zero-order valence-electron chi connectivity index (χ0n) is 43.8. The SMILES string of the molecule is CCCCCCCCC1(CCCCCCCC)c2cc(N(c3ccccc3)c3ccccc3-c3ccc(O)c(O)c3)ccc2-c2ccc(N(c3ccccc3)c3ccccc3-c3ccc4c(c3)OC(C)(C)O4)cc21. The van der Waals surface area contributed by atoms with E-state index in [-0.39, 0.29) is 16.9 Å². The molecule has 0 saturated carbocycles. The minimum absolute atomic E-state index is 0.135. The molecule has 2 aliphatic rings. The molecule has 6 heteroatoms. The Labute approximate surface area is 439 Å². The minimum Gasteiger partial charge on any atom is -0.504 e. The van der Waals surface area contributed by atoms with Gasteiger partial charge in [0.2, 0.25) is 5.79 Å². The van der Waals surface area contributed by atoms with Crippen LogP contribution in [0, 0.1) is 0 Å². The summed E-state index contributed by atoms with van der Waals surface area (Å²) >= 11 is 0. The molecule has 8 aromatic carbocycles. The van der Waals surface area contributed by atoms with Gasteiger partial charge in [-0.1, -0.05) is 188 Å². The first-order valence-electron chi connectivity index (χ1n) is 27.4. The molecule has 6 nitrogen and oxygen atoms in total. The Morgan fingerprint density at radius 2 is 0.824 bits per heavy atom. The molecule has 0 atom stereocenters. The number of anilines is 6. The number of benzene rings is 8. The summed E-state index contributed by atoms with van der Waals surface area (Å²) in [7, 11) is 0. The fourth-order valence-electron chi connectivity index (χ4n) is 11.7. The number of hydrogen-bond donors (Lipinski definition) is 2. The third-order valence-electron chi connectivity index (χ3n) is 15.3. The van der Waals surface area contributed by atoms with Gasteiger partial charge in [0.1, 0.15) is 0 Å². The molecule has 0 fully saturated rings. The summed E-state index contributed by atoms with van der Waals surface area (Å²) in [5.74, 6) is 0.521. The number of hydrogen-bond acceptors (Lipinski definition) is 6. The number of aromatic hydroxyl groups is 2. The monoisotopic (exact) mass is 981 g/mol. The Hall–Kier alpha value is -7.44. The summed E-state index contributed by atoms with van der Waals surface area (Å²) in [6.45, 7) is 8.51. The summed E-state index contributed by atoms with van der Waals surface area (Å²) in [5.41, 5.74) is 15.6. The Balaban J connectivity index is 1.14. The van der Waals surface area contributed by atoms with E-state index in [1.807, 2.05) is 32.0 Å². The van der Waals surface area contributed by atoms with Gasteiger partial charge >= 0.3 is 0 Å². The maximum Gasteiger partial charge on any atom is 0.246 e. The van der Waals surface area contributed by atoms with Crippen LogP contribution in [-0.4, -0.2) is 16.0 Å². The van der Waals surface area contributed by atoms with E-state index in [1.165, 1.54) is 86.5 Å². The maximum atomic E-state index is 10.8. The zero-order chi connectivity index (χ0) is 51.1. The highest BCUT2D eigenvalue weighted by molar-refractivity contribution is 5.93. The first kappa shape index (κ1) is 50.1. The lowest BCUT2D eigenvalue weighted by Gasteiger charge is -2.35. The average Bonchev–Trinajstić information content (AvgIpc) is 3.92. The molecule has 0 bridgehead atoms. The van der Waals surface area contributed by atoms with Gasteiger partial charge in [0.25, 0.3) is 0 Å². The molecule has 0 unspecified atom stereocenters. The van der Waals surface area contributed by atoms with Crippen LogP contribution in [0.4, 0.5) is 34.1 Å². The summed E-state index contributed by atoms with van der Waals surface area (Å²) < 4.78 is 12.4. The van der Waals surface area contributed by atoms with Crippen LogP contribution in [0.25, 0.3) is 33.4 Å². The number of phenols is 2. The number of rotatable bonds is 22. The maximum absolute atomic E-state index is 10.8. The van der Waals surface area contributed by atoms with Crippen LogP contribution in [0.15, 0.2) is 182 Å². The van der Waals surface area contributed by atoms with E-state index in [1.54, 1.807) is 12.1 Å². The van der Waals surface area contributed by atoms with E-state index < -0.39 is 5.79 Å². The van der Waals surface area contributed by atoms with Crippen LogP contribution in [0.3, 0.4) is 0 Å². The summed E-state index contributed by atoms with van der Waals surface area (Å²) in [5, 5.41) is 21.1. The van der Waals surface area contributed by atoms with E-state index >= 15 is 0 Å². The second-order valence-electron chi connectivity index (χ2n) is 20.9. The van der Waals surface area contributed by atoms with Crippen molar-refractivity contribution in [1.82, 2.24) is 0 Å². The first-order valence-corrected chi connectivity index (χ1v) is 27.4. The Kier molecular flexibility index (Phi) is 15.1. The smallest absolute Gasteiger partial charge is 0.246 e. The number of fused-ring (bicyclic) bond motifs is 4. The van der Waals surface area contributed by atoms with E-state index in [0.29, 0.717) is 0 Å². The van der Waals surface area contributed by atoms with Gasteiger partial charge in [-0.2, -0.15) is 0 Å². The molecule has 1 aliphatic heterocycles. The van der Waals surface area contributed by atoms with Crippen molar-refractivity contribution in [3.8, 4) is 56.4 Å². The van der Waals surface area contributed by atoms with Crippen molar-refractivity contribution in [3.05, 3.63) is 193 Å². The molecule has 0 saturated heterocycles. The topological polar surface area (TPSA) is 65.4 Å². The van der Waals surface area contributed by atoms with Gasteiger partial charge in [0.05, 0.1) is 11.4 Å². The molecular weight excluding hydrogens is 909 g/mol. The minimum atomic E-state index is -0.722. The highest BCUT2D eigenvalue weighted by Crippen LogP contribution is 2.58. The molecule has 0 aromatic heterocycles. The molecule has 0 amide bonds. The number of ether oxygens (including phenoxy) is 2.